The summed E-state index contributed by atoms with van der Waals surface area (Å²) < 4.78 is 43.8. The quantitative estimate of drug-likeness (QED) is 0.255. The number of nitrogens with one attached hydrogen (secondary N) is 2. The second-order valence-corrected chi connectivity index (χ2v) is 8.78. The fourth-order valence-electron chi connectivity index (χ4n) is 4.02. The summed E-state index contributed by atoms with van der Waals surface area (Å²) in [5.41, 5.74) is 2.10. The van der Waals surface area contributed by atoms with Crippen molar-refractivity contribution in [3.63, 3.8) is 0 Å². The molecule has 204 valence electrons. The van der Waals surface area contributed by atoms with E-state index in [2.05, 4.69) is 15.7 Å². The van der Waals surface area contributed by atoms with Crippen LogP contribution in [0.2, 0.25) is 0 Å². The van der Waals surface area contributed by atoms with Gasteiger partial charge in [-0.05, 0) is 61.5 Å². The Morgan fingerprint density at radius 1 is 0.974 bits per heavy atom. The van der Waals surface area contributed by atoms with E-state index in [4.69, 9.17) is 10.6 Å². The van der Waals surface area contributed by atoms with Crippen molar-refractivity contribution in [1.82, 2.24) is 20.2 Å². The highest BCUT2D eigenvalue weighted by Crippen LogP contribution is 2.29. The smallest absolute Gasteiger partial charge is 0.416 e. The van der Waals surface area contributed by atoms with Gasteiger partial charge in [-0.15, -0.1) is 0 Å². The molecule has 1 aliphatic rings. The molecular formula is C26H25F3N6O4. The Labute approximate surface area is 221 Å². The number of hydrazine groups is 1. The van der Waals surface area contributed by atoms with Crippen LogP contribution in [0.5, 0.6) is 11.6 Å². The maximum atomic E-state index is 13.0. The number of pyridine rings is 1. The van der Waals surface area contributed by atoms with E-state index in [-0.39, 0.29) is 23.4 Å². The molecule has 1 unspecified atom stereocenters. The second kappa shape index (κ2) is 11.4. The highest BCUT2D eigenvalue weighted by molar-refractivity contribution is 6.04. The van der Waals surface area contributed by atoms with Gasteiger partial charge < -0.3 is 19.9 Å². The molecule has 0 saturated carbocycles. The molecule has 2 aromatic carbocycles. The summed E-state index contributed by atoms with van der Waals surface area (Å²) >= 11 is 0. The van der Waals surface area contributed by atoms with Crippen molar-refractivity contribution >= 4 is 23.5 Å². The fraction of sp³-hybridized carbons (Fsp3) is 0.231. The van der Waals surface area contributed by atoms with Crippen LogP contribution in [0, 0.1) is 0 Å². The third-order valence-electron chi connectivity index (χ3n) is 6.09. The number of urea groups is 1. The van der Waals surface area contributed by atoms with Gasteiger partial charge in [0.25, 0.3) is 11.8 Å². The number of nitrogens with two attached hydrogens (primary N) is 1. The number of benzene rings is 2. The van der Waals surface area contributed by atoms with Crippen molar-refractivity contribution in [3.8, 4) is 11.6 Å². The summed E-state index contributed by atoms with van der Waals surface area (Å²) in [6, 6.07) is 12.8. The molecule has 1 fully saturated rings. The van der Waals surface area contributed by atoms with Crippen LogP contribution in [-0.2, 0) is 6.18 Å². The predicted octanol–water partition coefficient (Wildman–Crippen LogP) is 3.87. The monoisotopic (exact) mass is 542 g/mol. The zero-order valence-electron chi connectivity index (χ0n) is 20.7. The molecule has 2 heterocycles. The molecule has 4 amide bonds. The molecule has 39 heavy (non-hydrogen) atoms. The largest absolute Gasteiger partial charge is 0.439 e. The van der Waals surface area contributed by atoms with E-state index in [9.17, 15) is 27.6 Å². The van der Waals surface area contributed by atoms with Gasteiger partial charge in [-0.3, -0.25) is 15.0 Å². The number of amides is 4. The topological polar surface area (TPSA) is 130 Å². The highest BCUT2D eigenvalue weighted by Gasteiger charge is 2.31. The number of hydrogen-bond acceptors (Lipinski definition) is 6. The Morgan fingerprint density at radius 2 is 1.64 bits per heavy atom. The number of rotatable bonds is 5. The van der Waals surface area contributed by atoms with Crippen LogP contribution in [0.3, 0.4) is 0 Å². The number of piperazine rings is 1. The van der Waals surface area contributed by atoms with Crippen LogP contribution in [0.4, 0.5) is 23.7 Å². The summed E-state index contributed by atoms with van der Waals surface area (Å²) in [4.78, 5) is 44.4. The lowest BCUT2D eigenvalue weighted by atomic mass is 10.1. The van der Waals surface area contributed by atoms with Gasteiger partial charge in [-0.2, -0.15) is 13.2 Å². The van der Waals surface area contributed by atoms with E-state index < -0.39 is 23.7 Å². The van der Waals surface area contributed by atoms with E-state index in [1.807, 2.05) is 6.92 Å². The number of alkyl halides is 3. The number of carbonyl (C=O) groups excluding carboxylic acids is 3. The van der Waals surface area contributed by atoms with Gasteiger partial charge in [0.2, 0.25) is 5.88 Å². The minimum Gasteiger partial charge on any atom is -0.439 e. The van der Waals surface area contributed by atoms with Gasteiger partial charge in [-0.1, -0.05) is 0 Å². The average molecular weight is 543 g/mol. The first-order valence-corrected chi connectivity index (χ1v) is 11.8. The normalized spacial score (nSPS) is 15.5. The summed E-state index contributed by atoms with van der Waals surface area (Å²) in [6.45, 7) is 2.96. The fourth-order valence-corrected chi connectivity index (χ4v) is 4.02. The second-order valence-electron chi connectivity index (χ2n) is 8.78. The van der Waals surface area contributed by atoms with E-state index in [0.29, 0.717) is 36.6 Å². The maximum Gasteiger partial charge on any atom is 0.416 e. The Morgan fingerprint density at radius 3 is 2.21 bits per heavy atom. The van der Waals surface area contributed by atoms with E-state index in [1.54, 1.807) is 34.1 Å². The zero-order valence-corrected chi connectivity index (χ0v) is 20.7. The summed E-state index contributed by atoms with van der Waals surface area (Å²) in [5.74, 6) is 5.08. The van der Waals surface area contributed by atoms with E-state index in [1.165, 1.54) is 18.3 Å². The molecule has 0 bridgehead atoms. The third-order valence-corrected chi connectivity index (χ3v) is 6.09. The SMILES string of the molecule is CC1CN(C(=O)NN)CCN1C(=O)c1ccc(Oc2ccc(NC(=O)c3ccc(C(F)(F)F)cc3)cn2)cc1. The Balaban J connectivity index is 1.32. The van der Waals surface area contributed by atoms with Crippen molar-refractivity contribution in [3.05, 3.63) is 83.6 Å². The van der Waals surface area contributed by atoms with Gasteiger partial charge in [0.1, 0.15) is 5.75 Å². The van der Waals surface area contributed by atoms with Crippen molar-refractivity contribution in [2.45, 2.75) is 19.1 Å². The van der Waals surface area contributed by atoms with Crippen LogP contribution in [-0.4, -0.2) is 58.3 Å². The molecule has 0 aliphatic carbocycles. The van der Waals surface area contributed by atoms with Crippen LogP contribution < -0.4 is 21.3 Å². The molecule has 1 aromatic heterocycles. The lowest BCUT2D eigenvalue weighted by Gasteiger charge is -2.39. The molecule has 1 atom stereocenters. The standard InChI is InChI=1S/C26H25F3N6O4/c1-16-15-34(25(38)33-30)12-13-35(16)24(37)18-4-9-21(10-5-18)39-22-11-8-20(14-31-22)32-23(36)17-2-6-19(7-3-17)26(27,28)29/h2-11,14,16H,12-13,15,30H2,1H3,(H,32,36)(H,33,38). The van der Waals surface area contributed by atoms with Gasteiger partial charge >= 0.3 is 12.2 Å². The van der Waals surface area contributed by atoms with Crippen molar-refractivity contribution < 1.29 is 32.3 Å². The molecule has 4 N–H and O–H groups in total. The van der Waals surface area contributed by atoms with Gasteiger partial charge in [0.05, 0.1) is 17.4 Å². The van der Waals surface area contributed by atoms with Crippen molar-refractivity contribution in [1.29, 1.82) is 0 Å². The molecule has 10 nitrogen and oxygen atoms in total. The summed E-state index contributed by atoms with van der Waals surface area (Å²) in [5, 5.41) is 2.56. The lowest BCUT2D eigenvalue weighted by Crippen LogP contribution is -2.58. The highest BCUT2D eigenvalue weighted by atomic mass is 19.4. The van der Waals surface area contributed by atoms with Gasteiger partial charge in [-0.25, -0.2) is 15.6 Å². The first-order chi connectivity index (χ1) is 18.5. The Bertz CT molecular complexity index is 1330. The molecule has 1 aliphatic heterocycles. The number of anilines is 1. The van der Waals surface area contributed by atoms with Gasteiger partial charge in [0.15, 0.2) is 0 Å². The maximum absolute atomic E-state index is 13.0. The number of aromatic nitrogens is 1. The minimum atomic E-state index is -4.48. The number of halogens is 3. The summed E-state index contributed by atoms with van der Waals surface area (Å²) in [7, 11) is 0. The zero-order chi connectivity index (χ0) is 28.2. The van der Waals surface area contributed by atoms with Crippen LogP contribution >= 0.6 is 0 Å². The van der Waals surface area contributed by atoms with Gasteiger partial charge in [0, 0.05) is 42.9 Å². The molecule has 0 spiro atoms. The Kier molecular flexibility index (Phi) is 8.00. The molecular weight excluding hydrogens is 517 g/mol. The number of hydrogen-bond donors (Lipinski definition) is 3. The predicted molar refractivity (Wildman–Crippen MR) is 135 cm³/mol. The van der Waals surface area contributed by atoms with Crippen LogP contribution in [0.1, 0.15) is 33.2 Å². The number of nitrogens with zero attached hydrogens (tertiary/aromatic N) is 3. The van der Waals surface area contributed by atoms with Crippen molar-refractivity contribution in [2.75, 3.05) is 25.0 Å². The first kappa shape index (κ1) is 27.4. The Hall–Kier alpha value is -4.65. The van der Waals surface area contributed by atoms with E-state index in [0.717, 1.165) is 24.3 Å². The van der Waals surface area contributed by atoms with Crippen LogP contribution in [0.15, 0.2) is 66.9 Å². The molecule has 3 aromatic rings. The minimum absolute atomic E-state index is 0.0651. The van der Waals surface area contributed by atoms with Crippen LogP contribution in [0.25, 0.3) is 0 Å². The summed E-state index contributed by atoms with van der Waals surface area (Å²) in [6.07, 6.45) is -3.13. The number of carbonyl (C=O) groups is 3. The molecule has 4 rings (SSSR count). The molecule has 1 saturated heterocycles. The van der Waals surface area contributed by atoms with E-state index >= 15 is 0 Å². The van der Waals surface area contributed by atoms with Crippen molar-refractivity contribution in [2.24, 2.45) is 5.84 Å². The first-order valence-electron chi connectivity index (χ1n) is 11.8. The molecule has 0 radical (unpaired) electrons. The lowest BCUT2D eigenvalue weighted by molar-refractivity contribution is -0.137. The third kappa shape index (κ3) is 6.62. The number of ether oxygens (including phenoxy) is 1. The molecule has 13 heteroatoms. The average Bonchev–Trinajstić information content (AvgIpc) is 2.93.